The van der Waals surface area contributed by atoms with Gasteiger partial charge in [-0.3, -0.25) is 0 Å². The molecular formula is C32H40O8. The maximum Gasteiger partial charge on any atom is 0.161 e. The number of benzene rings is 3. The van der Waals surface area contributed by atoms with Crippen molar-refractivity contribution in [1.29, 1.82) is 0 Å². The van der Waals surface area contributed by atoms with E-state index in [-0.39, 0.29) is 24.0 Å². The molecule has 1 N–H and O–H groups in total. The van der Waals surface area contributed by atoms with Crippen LogP contribution in [-0.2, 0) is 4.74 Å². The van der Waals surface area contributed by atoms with Gasteiger partial charge in [-0.25, -0.2) is 0 Å². The first-order valence-corrected chi connectivity index (χ1v) is 13.4. The molecule has 1 heterocycles. The van der Waals surface area contributed by atoms with Gasteiger partial charge in [0.15, 0.2) is 34.5 Å². The minimum absolute atomic E-state index is 0.0987. The van der Waals surface area contributed by atoms with E-state index in [1.807, 2.05) is 43.3 Å². The van der Waals surface area contributed by atoms with Gasteiger partial charge in [0.1, 0.15) is 12.2 Å². The SMILES string of the molecule is COc1ccc([C@H]2O[C@H](c3ccc(O[C@H](C)[C@@H](O)c4ccc(OC)c(OC)c4)c(OC)c3)[C@@H](C)[C@H]2C)cc1OC. The van der Waals surface area contributed by atoms with Crippen LogP contribution in [0.4, 0.5) is 0 Å². The maximum atomic E-state index is 11.0. The second kappa shape index (κ2) is 12.7. The van der Waals surface area contributed by atoms with Gasteiger partial charge in [-0.2, -0.15) is 0 Å². The summed E-state index contributed by atoms with van der Waals surface area (Å²) in [5, 5.41) is 11.0. The van der Waals surface area contributed by atoms with Crippen molar-refractivity contribution in [2.24, 2.45) is 11.8 Å². The lowest BCUT2D eigenvalue weighted by molar-refractivity contribution is 0.0284. The van der Waals surface area contributed by atoms with Crippen LogP contribution >= 0.6 is 0 Å². The van der Waals surface area contributed by atoms with Gasteiger partial charge in [0.25, 0.3) is 0 Å². The summed E-state index contributed by atoms with van der Waals surface area (Å²) in [5.74, 6) is 4.12. The van der Waals surface area contributed by atoms with E-state index in [0.29, 0.717) is 40.1 Å². The van der Waals surface area contributed by atoms with Crippen molar-refractivity contribution in [3.63, 3.8) is 0 Å². The van der Waals surface area contributed by atoms with Crippen LogP contribution in [0.2, 0.25) is 0 Å². The molecule has 0 saturated carbocycles. The predicted octanol–water partition coefficient (Wildman–Crippen LogP) is 6.32. The molecule has 3 aromatic rings. The van der Waals surface area contributed by atoms with Crippen molar-refractivity contribution < 1.29 is 38.3 Å². The highest BCUT2D eigenvalue weighted by molar-refractivity contribution is 5.46. The summed E-state index contributed by atoms with van der Waals surface area (Å²) >= 11 is 0. The number of hydrogen-bond acceptors (Lipinski definition) is 8. The average Bonchev–Trinajstić information content (AvgIpc) is 3.29. The molecular weight excluding hydrogens is 512 g/mol. The number of methoxy groups -OCH3 is 5. The Morgan fingerprint density at radius 2 is 1.02 bits per heavy atom. The third-order valence-electron chi connectivity index (χ3n) is 7.84. The smallest absolute Gasteiger partial charge is 0.161 e. The molecule has 1 aliphatic heterocycles. The summed E-state index contributed by atoms with van der Waals surface area (Å²) in [6, 6.07) is 17.1. The zero-order chi connectivity index (χ0) is 29.0. The molecule has 3 aromatic carbocycles. The van der Waals surface area contributed by atoms with Crippen LogP contribution in [0.5, 0.6) is 34.5 Å². The van der Waals surface area contributed by atoms with E-state index in [2.05, 4.69) is 13.8 Å². The van der Waals surface area contributed by atoms with Crippen LogP contribution in [0, 0.1) is 11.8 Å². The molecule has 0 bridgehead atoms. The summed E-state index contributed by atoms with van der Waals surface area (Å²) in [7, 11) is 8.00. The zero-order valence-electron chi connectivity index (χ0n) is 24.5. The van der Waals surface area contributed by atoms with Crippen molar-refractivity contribution >= 4 is 0 Å². The van der Waals surface area contributed by atoms with E-state index in [4.69, 9.17) is 33.2 Å². The molecule has 4 rings (SSSR count). The zero-order valence-corrected chi connectivity index (χ0v) is 24.5. The monoisotopic (exact) mass is 552 g/mol. The highest BCUT2D eigenvalue weighted by Crippen LogP contribution is 2.50. The van der Waals surface area contributed by atoms with Crippen LogP contribution < -0.4 is 28.4 Å². The molecule has 0 unspecified atom stereocenters. The summed E-state index contributed by atoms with van der Waals surface area (Å²) in [6.45, 7) is 6.22. The Morgan fingerprint density at radius 3 is 1.52 bits per heavy atom. The quantitative estimate of drug-likeness (QED) is 0.296. The third kappa shape index (κ3) is 5.78. The van der Waals surface area contributed by atoms with Gasteiger partial charge in [-0.15, -0.1) is 0 Å². The predicted molar refractivity (Wildman–Crippen MR) is 152 cm³/mol. The van der Waals surface area contributed by atoms with Crippen molar-refractivity contribution in [2.75, 3.05) is 35.5 Å². The largest absolute Gasteiger partial charge is 0.493 e. The number of rotatable bonds is 11. The van der Waals surface area contributed by atoms with Gasteiger partial charge in [0, 0.05) is 0 Å². The molecule has 8 nitrogen and oxygen atoms in total. The topological polar surface area (TPSA) is 84.8 Å². The lowest BCUT2D eigenvalue weighted by atomic mass is 9.85. The van der Waals surface area contributed by atoms with Crippen LogP contribution in [0.1, 0.15) is 55.8 Å². The first kappa shape index (κ1) is 29.4. The molecule has 6 atom stereocenters. The number of aliphatic hydroxyl groups is 1. The summed E-state index contributed by atoms with van der Waals surface area (Å²) < 4.78 is 40.1. The average molecular weight is 553 g/mol. The molecule has 8 heteroatoms. The van der Waals surface area contributed by atoms with E-state index in [9.17, 15) is 5.11 Å². The van der Waals surface area contributed by atoms with E-state index in [1.54, 1.807) is 53.7 Å². The Labute approximate surface area is 236 Å². The van der Waals surface area contributed by atoms with Gasteiger partial charge in [-0.05, 0) is 71.8 Å². The van der Waals surface area contributed by atoms with Crippen molar-refractivity contribution in [3.05, 3.63) is 71.3 Å². The fraction of sp³-hybridized carbons (Fsp3) is 0.438. The number of ether oxygens (including phenoxy) is 7. The summed E-state index contributed by atoms with van der Waals surface area (Å²) in [6.07, 6.45) is -1.69. The Balaban J connectivity index is 1.52. The first-order chi connectivity index (χ1) is 19.3. The molecule has 0 aliphatic carbocycles. The van der Waals surface area contributed by atoms with E-state index < -0.39 is 12.2 Å². The molecule has 1 saturated heterocycles. The van der Waals surface area contributed by atoms with Crippen molar-refractivity contribution in [1.82, 2.24) is 0 Å². The molecule has 0 spiro atoms. The Morgan fingerprint density at radius 1 is 0.600 bits per heavy atom. The lowest BCUT2D eigenvalue weighted by Crippen LogP contribution is -2.22. The van der Waals surface area contributed by atoms with Crippen LogP contribution in [0.15, 0.2) is 54.6 Å². The Bertz CT molecular complexity index is 1290. The molecule has 0 radical (unpaired) electrons. The minimum atomic E-state index is -0.898. The van der Waals surface area contributed by atoms with Crippen LogP contribution in [-0.4, -0.2) is 46.8 Å². The van der Waals surface area contributed by atoms with E-state index in [0.717, 1.165) is 11.1 Å². The normalized spacial score (nSPS) is 21.8. The third-order valence-corrected chi connectivity index (χ3v) is 7.84. The second-order valence-corrected chi connectivity index (χ2v) is 10.1. The molecule has 1 aliphatic rings. The van der Waals surface area contributed by atoms with Gasteiger partial charge in [0.2, 0.25) is 0 Å². The standard InChI is InChI=1S/C32H40O8/c1-18-19(2)32(40-31(18)22-10-13-25(35-5)28(16-22)37-7)23-11-14-26(29(17-23)38-8)39-20(3)30(33)21-9-12-24(34-4)27(15-21)36-6/h9-20,30-33H,1-8H3/t18-,19+,20-,30-,31+,32+/m1/s1. The fourth-order valence-electron chi connectivity index (χ4n) is 5.28. The Kier molecular flexibility index (Phi) is 9.32. The van der Waals surface area contributed by atoms with E-state index >= 15 is 0 Å². The van der Waals surface area contributed by atoms with Gasteiger partial charge in [0.05, 0.1) is 47.8 Å². The molecule has 40 heavy (non-hydrogen) atoms. The minimum Gasteiger partial charge on any atom is -0.493 e. The Hall–Kier alpha value is -3.62. The summed E-state index contributed by atoms with van der Waals surface area (Å²) in [4.78, 5) is 0. The first-order valence-electron chi connectivity index (χ1n) is 13.4. The number of hydrogen-bond donors (Lipinski definition) is 1. The number of aliphatic hydroxyl groups excluding tert-OH is 1. The molecule has 216 valence electrons. The summed E-state index contributed by atoms with van der Waals surface area (Å²) in [5.41, 5.74) is 2.70. The van der Waals surface area contributed by atoms with Gasteiger partial charge in [-0.1, -0.05) is 32.0 Å². The highest BCUT2D eigenvalue weighted by Gasteiger charge is 2.41. The lowest BCUT2D eigenvalue weighted by Gasteiger charge is -2.24. The van der Waals surface area contributed by atoms with Crippen molar-refractivity contribution in [2.45, 2.75) is 45.2 Å². The maximum absolute atomic E-state index is 11.0. The molecule has 1 fully saturated rings. The molecule has 0 aromatic heterocycles. The van der Waals surface area contributed by atoms with Gasteiger partial charge >= 0.3 is 0 Å². The second-order valence-electron chi connectivity index (χ2n) is 10.1. The highest BCUT2D eigenvalue weighted by atomic mass is 16.5. The van der Waals surface area contributed by atoms with E-state index in [1.165, 1.54) is 0 Å². The van der Waals surface area contributed by atoms with Gasteiger partial charge < -0.3 is 38.3 Å². The molecule has 0 amide bonds. The van der Waals surface area contributed by atoms with Crippen LogP contribution in [0.3, 0.4) is 0 Å². The van der Waals surface area contributed by atoms with Crippen LogP contribution in [0.25, 0.3) is 0 Å². The fourth-order valence-corrected chi connectivity index (χ4v) is 5.28. The van der Waals surface area contributed by atoms with Crippen molar-refractivity contribution in [3.8, 4) is 34.5 Å².